The monoisotopic (exact) mass is 592 g/mol. The van der Waals surface area contributed by atoms with Crippen molar-refractivity contribution in [2.24, 2.45) is 0 Å². The first-order valence-electron chi connectivity index (χ1n) is 14.7. The van der Waals surface area contributed by atoms with E-state index in [0.717, 1.165) is 22.5 Å². The van der Waals surface area contributed by atoms with Crippen LogP contribution < -0.4 is 19.8 Å². The first-order chi connectivity index (χ1) is 21.3. The number of ether oxygens (including phenoxy) is 4. The number of aryl methyl sites for hydroxylation is 1. The average Bonchev–Trinajstić information content (AvgIpc) is 3.27. The molecule has 3 aliphatic rings. The van der Waals surface area contributed by atoms with Gasteiger partial charge in [0.15, 0.2) is 11.5 Å². The van der Waals surface area contributed by atoms with E-state index in [2.05, 4.69) is 0 Å². The van der Waals surface area contributed by atoms with Crippen LogP contribution in [-0.4, -0.2) is 47.8 Å². The molecule has 2 bridgehead atoms. The molecule has 224 valence electrons. The van der Waals surface area contributed by atoms with Crippen LogP contribution in [-0.2, 0) is 11.2 Å². The highest BCUT2D eigenvalue weighted by molar-refractivity contribution is 6.21. The van der Waals surface area contributed by atoms with Crippen LogP contribution in [0.15, 0.2) is 77.6 Å². The second-order valence-corrected chi connectivity index (χ2v) is 11.4. The van der Waals surface area contributed by atoms with Crippen LogP contribution in [0.1, 0.15) is 68.5 Å². The summed E-state index contributed by atoms with van der Waals surface area (Å²) >= 11 is 0. The van der Waals surface area contributed by atoms with Crippen molar-refractivity contribution in [3.63, 3.8) is 0 Å². The molecule has 9 heteroatoms. The van der Waals surface area contributed by atoms with Gasteiger partial charge in [-0.25, -0.2) is 0 Å². The van der Waals surface area contributed by atoms with Gasteiger partial charge >= 0.3 is 0 Å². The SMILES string of the molecule is COc1cc2c(cc1OC)C1O[C@](CCCCN3C(=O)c4ccccc4C3=O)(C2)Oc2cc(C)n(-c3ccccc3)c(=O)c21. The third-order valence-corrected chi connectivity index (χ3v) is 8.75. The molecular weight excluding hydrogens is 560 g/mol. The van der Waals surface area contributed by atoms with Crippen LogP contribution in [0.25, 0.3) is 5.69 Å². The fourth-order valence-electron chi connectivity index (χ4n) is 6.67. The lowest BCUT2D eigenvalue weighted by Gasteiger charge is -2.46. The highest BCUT2D eigenvalue weighted by Gasteiger charge is 2.49. The quantitative estimate of drug-likeness (QED) is 0.200. The Morgan fingerprint density at radius 2 is 1.52 bits per heavy atom. The Balaban J connectivity index is 1.22. The molecule has 4 aromatic rings. The van der Waals surface area contributed by atoms with Crippen molar-refractivity contribution in [3.05, 3.63) is 117 Å². The summed E-state index contributed by atoms with van der Waals surface area (Å²) in [6.45, 7) is 2.19. The number of para-hydroxylation sites is 1. The summed E-state index contributed by atoms with van der Waals surface area (Å²) < 4.78 is 26.3. The van der Waals surface area contributed by atoms with Crippen LogP contribution in [0.5, 0.6) is 17.2 Å². The van der Waals surface area contributed by atoms with E-state index in [-0.39, 0.29) is 17.4 Å². The maximum absolute atomic E-state index is 14.2. The molecule has 0 N–H and O–H groups in total. The molecule has 44 heavy (non-hydrogen) atoms. The zero-order valence-corrected chi connectivity index (χ0v) is 24.8. The number of carbonyl (C=O) groups excluding carboxylic acids is 2. The number of hydrogen-bond donors (Lipinski definition) is 0. The molecule has 0 fully saturated rings. The topological polar surface area (TPSA) is 96.3 Å². The molecule has 7 rings (SSSR count). The molecule has 0 aliphatic carbocycles. The Hall–Kier alpha value is -4.89. The highest BCUT2D eigenvalue weighted by Crippen LogP contribution is 2.51. The van der Waals surface area contributed by atoms with Crippen molar-refractivity contribution in [3.8, 4) is 22.9 Å². The van der Waals surface area contributed by atoms with Gasteiger partial charge in [-0.3, -0.25) is 23.9 Å². The van der Waals surface area contributed by atoms with Gasteiger partial charge in [0.2, 0.25) is 5.79 Å². The number of nitrogens with zero attached hydrogens (tertiary/aromatic N) is 2. The van der Waals surface area contributed by atoms with E-state index in [1.807, 2.05) is 55.5 Å². The number of rotatable bonds is 8. The summed E-state index contributed by atoms with van der Waals surface area (Å²) in [6.07, 6.45) is 1.41. The molecule has 1 unspecified atom stereocenters. The van der Waals surface area contributed by atoms with E-state index in [1.54, 1.807) is 43.1 Å². The second kappa shape index (κ2) is 10.7. The summed E-state index contributed by atoms with van der Waals surface area (Å²) in [4.78, 5) is 41.2. The van der Waals surface area contributed by atoms with Crippen LogP contribution >= 0.6 is 0 Å². The summed E-state index contributed by atoms with van der Waals surface area (Å²) in [5.41, 5.74) is 4.37. The van der Waals surface area contributed by atoms with E-state index in [0.29, 0.717) is 66.2 Å². The number of benzene rings is 3. The third kappa shape index (κ3) is 4.38. The number of amides is 2. The molecule has 0 spiro atoms. The van der Waals surface area contributed by atoms with E-state index >= 15 is 0 Å². The normalized spacial score (nSPS) is 19.6. The average molecular weight is 593 g/mol. The summed E-state index contributed by atoms with van der Waals surface area (Å²) in [5.74, 6) is 0.0483. The van der Waals surface area contributed by atoms with Crippen molar-refractivity contribution >= 4 is 11.8 Å². The molecule has 2 amide bonds. The Labute approximate surface area is 254 Å². The Morgan fingerprint density at radius 3 is 2.20 bits per heavy atom. The maximum Gasteiger partial charge on any atom is 0.265 e. The Morgan fingerprint density at radius 1 is 0.864 bits per heavy atom. The summed E-state index contributed by atoms with van der Waals surface area (Å²) in [5, 5.41) is 0. The van der Waals surface area contributed by atoms with E-state index < -0.39 is 11.9 Å². The lowest BCUT2D eigenvalue weighted by Crippen LogP contribution is -2.51. The molecule has 4 heterocycles. The van der Waals surface area contributed by atoms with Crippen molar-refractivity contribution in [1.82, 2.24) is 9.47 Å². The van der Waals surface area contributed by atoms with Gasteiger partial charge in [-0.05, 0) is 67.3 Å². The number of methoxy groups -OCH3 is 2. The van der Waals surface area contributed by atoms with Gasteiger partial charge in [-0.1, -0.05) is 30.3 Å². The summed E-state index contributed by atoms with van der Waals surface area (Å²) in [7, 11) is 3.17. The highest BCUT2D eigenvalue weighted by atomic mass is 16.7. The Bertz CT molecular complexity index is 1830. The van der Waals surface area contributed by atoms with Crippen molar-refractivity contribution < 1.29 is 28.5 Å². The smallest absolute Gasteiger partial charge is 0.265 e. The van der Waals surface area contributed by atoms with Crippen LogP contribution in [0.4, 0.5) is 0 Å². The number of unbranched alkanes of at least 4 members (excludes halogenated alkanes) is 1. The predicted octanol–water partition coefficient (Wildman–Crippen LogP) is 5.38. The van der Waals surface area contributed by atoms with E-state index in [1.165, 1.54) is 4.90 Å². The fourth-order valence-corrected chi connectivity index (χ4v) is 6.67. The zero-order valence-electron chi connectivity index (χ0n) is 24.8. The largest absolute Gasteiger partial charge is 0.493 e. The number of fused-ring (bicyclic) bond motifs is 7. The number of aromatic nitrogens is 1. The second-order valence-electron chi connectivity index (χ2n) is 11.4. The molecule has 3 aliphatic heterocycles. The maximum atomic E-state index is 14.2. The number of hydrogen-bond acceptors (Lipinski definition) is 7. The van der Waals surface area contributed by atoms with Crippen molar-refractivity contribution in [2.45, 2.75) is 44.5 Å². The van der Waals surface area contributed by atoms with Gasteiger partial charge in [-0.15, -0.1) is 0 Å². The lowest BCUT2D eigenvalue weighted by molar-refractivity contribution is -0.233. The van der Waals surface area contributed by atoms with E-state index in [4.69, 9.17) is 18.9 Å². The molecule has 0 saturated heterocycles. The van der Waals surface area contributed by atoms with Gasteiger partial charge in [0.05, 0.1) is 30.9 Å². The predicted molar refractivity (Wildman–Crippen MR) is 162 cm³/mol. The minimum absolute atomic E-state index is 0.210. The standard InChI is InChI=1S/C35H32N2O7/c1-21-17-29-30(34(40)37(21)23-11-5-4-6-12-23)31-26-19-28(42-3)27(41-2)18-22(26)20-35(43-29,44-31)15-9-10-16-36-32(38)24-13-7-8-14-25(24)33(36)39/h4-8,11-14,17-19,31H,9-10,15-16,20H2,1-3H3/t31?,35-/m1/s1. The van der Waals surface area contributed by atoms with Crippen LogP contribution in [0, 0.1) is 6.92 Å². The van der Waals surface area contributed by atoms with Crippen LogP contribution in [0.3, 0.4) is 0 Å². The third-order valence-electron chi connectivity index (χ3n) is 8.75. The molecule has 9 nitrogen and oxygen atoms in total. The van der Waals surface area contributed by atoms with Crippen molar-refractivity contribution in [2.75, 3.05) is 20.8 Å². The van der Waals surface area contributed by atoms with Crippen LogP contribution in [0.2, 0.25) is 0 Å². The molecule has 0 radical (unpaired) electrons. The lowest BCUT2D eigenvalue weighted by atomic mass is 9.85. The molecule has 3 aromatic carbocycles. The number of imide groups is 1. The summed E-state index contributed by atoms with van der Waals surface area (Å²) in [6, 6.07) is 22.1. The molecular formula is C35H32N2O7. The van der Waals surface area contributed by atoms with E-state index in [9.17, 15) is 14.4 Å². The number of pyridine rings is 1. The van der Waals surface area contributed by atoms with Gasteiger partial charge in [-0.2, -0.15) is 0 Å². The molecule has 1 aromatic heterocycles. The van der Waals surface area contributed by atoms with Crippen molar-refractivity contribution in [1.29, 1.82) is 0 Å². The fraction of sp³-hybridized carbons (Fsp3) is 0.286. The van der Waals surface area contributed by atoms with Gasteiger partial charge in [0, 0.05) is 36.8 Å². The minimum atomic E-state index is -1.05. The van der Waals surface area contributed by atoms with Gasteiger partial charge in [0.1, 0.15) is 11.9 Å². The van der Waals surface area contributed by atoms with Gasteiger partial charge < -0.3 is 18.9 Å². The first kappa shape index (κ1) is 27.9. The molecule has 2 atom stereocenters. The zero-order chi connectivity index (χ0) is 30.6. The Kier molecular flexibility index (Phi) is 6.77. The molecule has 0 saturated carbocycles. The number of carbonyl (C=O) groups is 2. The minimum Gasteiger partial charge on any atom is -0.493 e. The first-order valence-corrected chi connectivity index (χ1v) is 14.7. The van der Waals surface area contributed by atoms with Gasteiger partial charge in [0.25, 0.3) is 17.4 Å².